The molecule has 0 spiro atoms. The minimum atomic E-state index is -0.195. The van der Waals surface area contributed by atoms with Crippen molar-refractivity contribution >= 4 is 23.3 Å². The highest BCUT2D eigenvalue weighted by molar-refractivity contribution is 5.98. The average molecular weight is 379 g/mol. The van der Waals surface area contributed by atoms with Gasteiger partial charge in [-0.3, -0.25) is 4.79 Å². The van der Waals surface area contributed by atoms with Gasteiger partial charge in [-0.2, -0.15) is 0 Å². The van der Waals surface area contributed by atoms with Crippen LogP contribution in [0.4, 0.5) is 16.2 Å². The molecule has 1 heterocycles. The summed E-state index contributed by atoms with van der Waals surface area (Å²) in [5.74, 6) is 0.526. The van der Waals surface area contributed by atoms with Gasteiger partial charge in [0.15, 0.2) is 6.61 Å². The van der Waals surface area contributed by atoms with Gasteiger partial charge in [-0.25, -0.2) is 4.79 Å². The zero-order valence-corrected chi connectivity index (χ0v) is 15.8. The molecule has 2 aliphatic rings. The third kappa shape index (κ3) is 4.27. The number of nitrogens with one attached hydrogen (secondary N) is 2. The minimum absolute atomic E-state index is 0.00242. The Morgan fingerprint density at radius 3 is 2.64 bits per heavy atom. The monoisotopic (exact) mass is 379 g/mol. The van der Waals surface area contributed by atoms with Gasteiger partial charge in [-0.05, 0) is 30.5 Å². The van der Waals surface area contributed by atoms with E-state index in [2.05, 4.69) is 10.6 Å². The van der Waals surface area contributed by atoms with E-state index >= 15 is 0 Å². The maximum absolute atomic E-state index is 12.4. The van der Waals surface area contributed by atoms with E-state index in [1.165, 1.54) is 19.3 Å². The van der Waals surface area contributed by atoms with E-state index in [0.29, 0.717) is 18.0 Å². The number of nitrogens with zero attached hydrogens (tertiary/aromatic N) is 1. The molecule has 0 saturated heterocycles. The van der Waals surface area contributed by atoms with Crippen molar-refractivity contribution in [3.63, 3.8) is 0 Å². The summed E-state index contributed by atoms with van der Waals surface area (Å²) < 4.78 is 5.61. The van der Waals surface area contributed by atoms with Crippen molar-refractivity contribution in [3.8, 4) is 5.75 Å². The van der Waals surface area contributed by atoms with Crippen LogP contribution in [0.3, 0.4) is 0 Å². The first-order valence-corrected chi connectivity index (χ1v) is 9.88. The molecule has 1 fully saturated rings. The van der Waals surface area contributed by atoms with Crippen molar-refractivity contribution in [2.24, 2.45) is 0 Å². The number of hydrogen-bond donors (Lipinski definition) is 2. The van der Waals surface area contributed by atoms with Crippen LogP contribution in [0.25, 0.3) is 0 Å². The Hall–Kier alpha value is -3.02. The molecule has 0 unspecified atom stereocenters. The number of ether oxygens (including phenoxy) is 1. The number of carbonyl (C=O) groups excluding carboxylic acids is 2. The Balaban J connectivity index is 1.45. The molecule has 28 heavy (non-hydrogen) atoms. The molecule has 0 aromatic heterocycles. The first-order chi connectivity index (χ1) is 13.7. The minimum Gasteiger partial charge on any atom is -0.481 e. The number of anilines is 2. The number of urea groups is 1. The Kier molecular flexibility index (Phi) is 5.46. The molecule has 0 atom stereocenters. The third-order valence-electron chi connectivity index (χ3n) is 5.28. The van der Waals surface area contributed by atoms with Crippen molar-refractivity contribution in [1.29, 1.82) is 0 Å². The maximum atomic E-state index is 12.4. The quantitative estimate of drug-likeness (QED) is 0.841. The number of carbonyl (C=O) groups is 2. The molecule has 4 rings (SSSR count). The van der Waals surface area contributed by atoms with E-state index in [4.69, 9.17) is 4.74 Å². The van der Waals surface area contributed by atoms with Crippen molar-refractivity contribution in [3.05, 3.63) is 54.1 Å². The van der Waals surface area contributed by atoms with E-state index in [-0.39, 0.29) is 24.6 Å². The van der Waals surface area contributed by atoms with Gasteiger partial charge in [0.05, 0.1) is 12.2 Å². The highest BCUT2D eigenvalue weighted by atomic mass is 16.5. The Labute approximate surface area is 164 Å². The van der Waals surface area contributed by atoms with Gasteiger partial charge in [0.1, 0.15) is 5.75 Å². The second-order valence-electron chi connectivity index (χ2n) is 7.37. The highest BCUT2D eigenvalue weighted by Crippen LogP contribution is 2.35. The van der Waals surface area contributed by atoms with Crippen molar-refractivity contribution < 1.29 is 14.3 Å². The van der Waals surface area contributed by atoms with Crippen LogP contribution in [0.2, 0.25) is 0 Å². The smallest absolute Gasteiger partial charge is 0.319 e. The van der Waals surface area contributed by atoms with E-state index in [1.807, 2.05) is 36.4 Å². The molecule has 0 bridgehead atoms. The summed E-state index contributed by atoms with van der Waals surface area (Å²) in [4.78, 5) is 26.4. The lowest BCUT2D eigenvalue weighted by Crippen LogP contribution is -2.39. The lowest BCUT2D eigenvalue weighted by molar-refractivity contribution is -0.121. The summed E-state index contributed by atoms with van der Waals surface area (Å²) in [5.41, 5.74) is 2.43. The lowest BCUT2D eigenvalue weighted by atomic mass is 9.96. The third-order valence-corrected chi connectivity index (χ3v) is 5.28. The van der Waals surface area contributed by atoms with Crippen LogP contribution in [0.5, 0.6) is 5.75 Å². The molecule has 3 amide bonds. The topological polar surface area (TPSA) is 70.7 Å². The van der Waals surface area contributed by atoms with Gasteiger partial charge in [0, 0.05) is 17.8 Å². The molecule has 2 N–H and O–H groups in total. The van der Waals surface area contributed by atoms with E-state index in [0.717, 1.165) is 24.1 Å². The Morgan fingerprint density at radius 2 is 1.86 bits per heavy atom. The van der Waals surface area contributed by atoms with Crippen molar-refractivity contribution in [2.75, 3.05) is 16.8 Å². The number of benzene rings is 2. The fourth-order valence-corrected chi connectivity index (χ4v) is 3.82. The first kappa shape index (κ1) is 18.3. The maximum Gasteiger partial charge on any atom is 0.319 e. The molecule has 1 saturated carbocycles. The zero-order valence-electron chi connectivity index (χ0n) is 15.8. The summed E-state index contributed by atoms with van der Waals surface area (Å²) in [7, 11) is 0. The first-order valence-electron chi connectivity index (χ1n) is 9.88. The van der Waals surface area contributed by atoms with Gasteiger partial charge in [-0.1, -0.05) is 49.6 Å². The van der Waals surface area contributed by atoms with Crippen LogP contribution in [0.15, 0.2) is 48.5 Å². The molecule has 1 aliphatic carbocycles. The predicted molar refractivity (Wildman–Crippen MR) is 109 cm³/mol. The van der Waals surface area contributed by atoms with Crippen LogP contribution in [-0.2, 0) is 11.3 Å². The van der Waals surface area contributed by atoms with E-state index < -0.39 is 0 Å². The molecule has 6 heteroatoms. The summed E-state index contributed by atoms with van der Waals surface area (Å²) in [6, 6.07) is 15.3. The number of amides is 3. The van der Waals surface area contributed by atoms with Crippen LogP contribution < -0.4 is 20.3 Å². The molecule has 0 radical (unpaired) electrons. The largest absolute Gasteiger partial charge is 0.481 e. The zero-order chi connectivity index (χ0) is 19.3. The molecular formula is C22H25N3O3. The SMILES string of the molecule is O=C(Nc1ccc2c(c1)OCC(=O)N2Cc1ccccc1)NC1CCCCC1. The highest BCUT2D eigenvalue weighted by Gasteiger charge is 2.26. The van der Waals surface area contributed by atoms with Crippen LogP contribution in [0.1, 0.15) is 37.7 Å². The van der Waals surface area contributed by atoms with Gasteiger partial charge < -0.3 is 20.3 Å². The second kappa shape index (κ2) is 8.33. The van der Waals surface area contributed by atoms with Crippen LogP contribution >= 0.6 is 0 Å². The number of fused-ring (bicyclic) bond motifs is 1. The molecule has 146 valence electrons. The normalized spacial score (nSPS) is 16.9. The molecule has 2 aromatic carbocycles. The van der Waals surface area contributed by atoms with Crippen molar-refractivity contribution in [2.45, 2.75) is 44.7 Å². The standard InChI is InChI=1S/C22H25N3O3/c26-21-15-28-20-13-18(24-22(27)23-17-9-5-2-6-10-17)11-12-19(20)25(21)14-16-7-3-1-4-8-16/h1,3-4,7-8,11-13,17H,2,5-6,9-10,14-15H2,(H2,23,24,27). The summed E-state index contributed by atoms with van der Waals surface area (Å²) in [6.45, 7) is 0.489. The summed E-state index contributed by atoms with van der Waals surface area (Å²) in [6.07, 6.45) is 5.67. The fourth-order valence-electron chi connectivity index (χ4n) is 3.82. The fraction of sp³-hybridized carbons (Fsp3) is 0.364. The molecule has 1 aliphatic heterocycles. The summed E-state index contributed by atoms with van der Waals surface area (Å²) in [5, 5.41) is 5.92. The predicted octanol–water partition coefficient (Wildman–Crippen LogP) is 4.07. The van der Waals surface area contributed by atoms with Crippen molar-refractivity contribution in [1.82, 2.24) is 5.32 Å². The van der Waals surface area contributed by atoms with Gasteiger partial charge in [-0.15, -0.1) is 0 Å². The van der Waals surface area contributed by atoms with E-state index in [9.17, 15) is 9.59 Å². The average Bonchev–Trinajstić information content (AvgIpc) is 2.71. The molecule has 6 nitrogen and oxygen atoms in total. The molecular weight excluding hydrogens is 354 g/mol. The lowest BCUT2D eigenvalue weighted by Gasteiger charge is -2.30. The van der Waals surface area contributed by atoms with Gasteiger partial charge >= 0.3 is 6.03 Å². The number of rotatable bonds is 4. The Morgan fingerprint density at radius 1 is 1.07 bits per heavy atom. The van der Waals surface area contributed by atoms with Gasteiger partial charge in [0.25, 0.3) is 5.91 Å². The van der Waals surface area contributed by atoms with Gasteiger partial charge in [0.2, 0.25) is 0 Å². The van der Waals surface area contributed by atoms with E-state index in [1.54, 1.807) is 17.0 Å². The Bertz CT molecular complexity index is 847. The summed E-state index contributed by atoms with van der Waals surface area (Å²) >= 11 is 0. The van der Waals surface area contributed by atoms with Crippen LogP contribution in [0, 0.1) is 0 Å². The molecule has 2 aromatic rings. The second-order valence-corrected chi connectivity index (χ2v) is 7.37. The number of hydrogen-bond acceptors (Lipinski definition) is 3. The van der Waals surface area contributed by atoms with Crippen LogP contribution in [-0.4, -0.2) is 24.6 Å².